The van der Waals surface area contributed by atoms with E-state index in [0.717, 1.165) is 17.3 Å². The number of rotatable bonds is 9. The number of likely N-dealkylation sites (N-methyl/N-ethyl adjacent to an activating group) is 1. The summed E-state index contributed by atoms with van der Waals surface area (Å²) in [6, 6.07) is 0.362. The molecule has 0 N–H and O–H groups in total. The Kier molecular flexibility index (Phi) is 7.72. The zero-order chi connectivity index (χ0) is 14.3. The van der Waals surface area contributed by atoms with Crippen molar-refractivity contribution >= 4 is 5.78 Å². The summed E-state index contributed by atoms with van der Waals surface area (Å²) in [4.78, 5) is 11.9. The molecule has 18 heavy (non-hydrogen) atoms. The van der Waals surface area contributed by atoms with Gasteiger partial charge in [0, 0.05) is 19.4 Å². The van der Waals surface area contributed by atoms with Crippen molar-refractivity contribution in [3.05, 3.63) is 0 Å². The average Bonchev–Trinajstić information content (AvgIpc) is 2.27. The summed E-state index contributed by atoms with van der Waals surface area (Å²) in [6.45, 7) is 9.23. The molecule has 108 valence electrons. The SMILES string of the molecule is CCCC(=O)C[N+](C)(C)C([C@@H](C)CC)[C@@H](C)OC. The highest BCUT2D eigenvalue weighted by Gasteiger charge is 2.38. The summed E-state index contributed by atoms with van der Waals surface area (Å²) in [6.07, 6.45) is 2.91. The van der Waals surface area contributed by atoms with Gasteiger partial charge in [0.15, 0.2) is 5.78 Å². The normalized spacial score (nSPS) is 17.3. The molecule has 0 amide bonds. The van der Waals surface area contributed by atoms with Crippen LogP contribution >= 0.6 is 0 Å². The van der Waals surface area contributed by atoms with E-state index in [4.69, 9.17) is 4.74 Å². The molecule has 0 saturated heterocycles. The maximum atomic E-state index is 11.9. The topological polar surface area (TPSA) is 26.3 Å². The third kappa shape index (κ3) is 5.07. The van der Waals surface area contributed by atoms with Crippen LogP contribution in [0.15, 0.2) is 0 Å². The van der Waals surface area contributed by atoms with Crippen LogP contribution in [-0.4, -0.2) is 50.2 Å². The van der Waals surface area contributed by atoms with Gasteiger partial charge in [0.1, 0.15) is 18.7 Å². The van der Waals surface area contributed by atoms with Crippen molar-refractivity contribution in [2.75, 3.05) is 27.7 Å². The second-order valence-corrected chi connectivity index (χ2v) is 6.04. The van der Waals surface area contributed by atoms with Crippen LogP contribution in [0.3, 0.4) is 0 Å². The van der Waals surface area contributed by atoms with Crippen LogP contribution in [-0.2, 0) is 9.53 Å². The van der Waals surface area contributed by atoms with E-state index in [0.29, 0.717) is 30.7 Å². The molecular weight excluding hydrogens is 226 g/mol. The Morgan fingerprint density at radius 2 is 1.78 bits per heavy atom. The smallest absolute Gasteiger partial charge is 0.186 e. The molecule has 0 aromatic heterocycles. The molecular formula is C15H32NO2+. The Hall–Kier alpha value is -0.410. The number of hydrogen-bond donors (Lipinski definition) is 0. The Bertz CT molecular complexity index is 241. The average molecular weight is 258 g/mol. The maximum Gasteiger partial charge on any atom is 0.186 e. The molecule has 0 aliphatic heterocycles. The predicted octanol–water partition coefficient (Wildman–Crippen LogP) is 2.88. The minimum absolute atomic E-state index is 0.171. The highest BCUT2D eigenvalue weighted by Crippen LogP contribution is 2.24. The minimum atomic E-state index is 0.171. The van der Waals surface area contributed by atoms with Gasteiger partial charge in [-0.25, -0.2) is 0 Å². The monoisotopic (exact) mass is 258 g/mol. The first kappa shape index (κ1) is 17.6. The van der Waals surface area contributed by atoms with Gasteiger partial charge in [-0.2, -0.15) is 0 Å². The van der Waals surface area contributed by atoms with Gasteiger partial charge in [-0.15, -0.1) is 0 Å². The van der Waals surface area contributed by atoms with Gasteiger partial charge in [0.2, 0.25) is 0 Å². The maximum absolute atomic E-state index is 11.9. The second kappa shape index (κ2) is 7.90. The van der Waals surface area contributed by atoms with E-state index in [1.807, 2.05) is 0 Å². The van der Waals surface area contributed by atoms with Gasteiger partial charge < -0.3 is 9.22 Å². The van der Waals surface area contributed by atoms with Crippen molar-refractivity contribution in [1.29, 1.82) is 0 Å². The molecule has 0 spiro atoms. The Morgan fingerprint density at radius 1 is 1.22 bits per heavy atom. The van der Waals surface area contributed by atoms with Crippen LogP contribution in [0.25, 0.3) is 0 Å². The first-order chi connectivity index (χ1) is 8.30. The number of Topliss-reactive ketones (excluding diaryl/α,β-unsaturated/α-hetero) is 1. The number of methoxy groups -OCH3 is 1. The van der Waals surface area contributed by atoms with Gasteiger partial charge in [-0.05, 0) is 19.8 Å². The van der Waals surface area contributed by atoms with Crippen molar-refractivity contribution in [1.82, 2.24) is 0 Å². The van der Waals surface area contributed by atoms with E-state index in [1.165, 1.54) is 0 Å². The van der Waals surface area contributed by atoms with Gasteiger partial charge in [0.05, 0.1) is 14.1 Å². The number of quaternary nitrogens is 1. The molecule has 3 heteroatoms. The summed E-state index contributed by atoms with van der Waals surface area (Å²) in [7, 11) is 6.06. The molecule has 3 atom stereocenters. The van der Waals surface area contributed by atoms with E-state index < -0.39 is 0 Å². The largest absolute Gasteiger partial charge is 0.376 e. The molecule has 0 aromatic rings. The minimum Gasteiger partial charge on any atom is -0.376 e. The number of carbonyl (C=O) groups excluding carboxylic acids is 1. The van der Waals surface area contributed by atoms with Gasteiger partial charge in [0.25, 0.3) is 0 Å². The molecule has 0 fully saturated rings. The fourth-order valence-corrected chi connectivity index (χ4v) is 3.02. The molecule has 0 aliphatic rings. The third-order valence-electron chi connectivity index (χ3n) is 4.00. The Balaban J connectivity index is 4.89. The first-order valence-electron chi connectivity index (χ1n) is 7.17. The van der Waals surface area contributed by atoms with Crippen LogP contribution in [0, 0.1) is 5.92 Å². The summed E-state index contributed by atoms with van der Waals surface area (Å²) in [5, 5.41) is 0. The fourth-order valence-electron chi connectivity index (χ4n) is 3.02. The van der Waals surface area contributed by atoms with Crippen LogP contribution in [0.5, 0.6) is 0 Å². The lowest BCUT2D eigenvalue weighted by Gasteiger charge is -2.43. The van der Waals surface area contributed by atoms with Crippen LogP contribution < -0.4 is 0 Å². The summed E-state index contributed by atoms with van der Waals surface area (Å²) < 4.78 is 6.26. The van der Waals surface area contributed by atoms with Crippen LogP contribution in [0.2, 0.25) is 0 Å². The number of ketones is 1. The molecule has 0 aromatic carbocycles. The molecule has 0 bridgehead atoms. The van der Waals surface area contributed by atoms with E-state index >= 15 is 0 Å². The summed E-state index contributed by atoms with van der Waals surface area (Å²) in [5.74, 6) is 0.906. The zero-order valence-electron chi connectivity index (χ0n) is 13.3. The summed E-state index contributed by atoms with van der Waals surface area (Å²) >= 11 is 0. The van der Waals surface area contributed by atoms with E-state index in [1.54, 1.807) is 7.11 Å². The first-order valence-corrected chi connectivity index (χ1v) is 7.17. The highest BCUT2D eigenvalue weighted by molar-refractivity contribution is 5.79. The van der Waals surface area contributed by atoms with Crippen molar-refractivity contribution in [3.8, 4) is 0 Å². The molecule has 0 aliphatic carbocycles. The van der Waals surface area contributed by atoms with Gasteiger partial charge in [-0.3, -0.25) is 4.79 Å². The number of nitrogens with zero attached hydrogens (tertiary/aromatic N) is 1. The van der Waals surface area contributed by atoms with Gasteiger partial charge in [-0.1, -0.05) is 20.8 Å². The Labute approximate surface area is 113 Å². The standard InChI is InChI=1S/C15H32NO2/c1-8-10-14(17)11-16(5,6)15(12(3)9-2)13(4)18-7/h12-13,15H,8-11H2,1-7H3/q+1/t12-,13+,15?/m0/s1. The lowest BCUT2D eigenvalue weighted by molar-refractivity contribution is -0.914. The fraction of sp³-hybridized carbons (Fsp3) is 0.933. The molecule has 0 saturated carbocycles. The number of ether oxygens (including phenoxy) is 1. The number of carbonyl (C=O) groups is 1. The zero-order valence-corrected chi connectivity index (χ0v) is 13.3. The second-order valence-electron chi connectivity index (χ2n) is 6.04. The molecule has 1 unspecified atom stereocenters. The quantitative estimate of drug-likeness (QED) is 0.594. The molecule has 3 nitrogen and oxygen atoms in total. The van der Waals surface area contributed by atoms with Crippen LogP contribution in [0.4, 0.5) is 0 Å². The molecule has 0 rings (SSSR count). The number of hydrogen-bond acceptors (Lipinski definition) is 2. The highest BCUT2D eigenvalue weighted by atomic mass is 16.5. The van der Waals surface area contributed by atoms with Gasteiger partial charge >= 0.3 is 0 Å². The van der Waals surface area contributed by atoms with E-state index in [-0.39, 0.29) is 6.10 Å². The molecule has 0 heterocycles. The third-order valence-corrected chi connectivity index (χ3v) is 4.00. The van der Waals surface area contributed by atoms with E-state index in [2.05, 4.69) is 41.8 Å². The van der Waals surface area contributed by atoms with E-state index in [9.17, 15) is 4.79 Å². The van der Waals surface area contributed by atoms with Crippen molar-refractivity contribution in [2.24, 2.45) is 5.92 Å². The summed E-state index contributed by atoms with van der Waals surface area (Å²) in [5.41, 5.74) is 0. The lowest BCUT2D eigenvalue weighted by Crippen LogP contribution is -2.59. The predicted molar refractivity (Wildman–Crippen MR) is 76.6 cm³/mol. The molecule has 0 radical (unpaired) electrons. The van der Waals surface area contributed by atoms with Crippen molar-refractivity contribution in [3.63, 3.8) is 0 Å². The van der Waals surface area contributed by atoms with Crippen molar-refractivity contribution in [2.45, 2.75) is 59.1 Å². The van der Waals surface area contributed by atoms with Crippen molar-refractivity contribution < 1.29 is 14.0 Å². The van der Waals surface area contributed by atoms with Crippen LogP contribution in [0.1, 0.15) is 47.0 Å². The Morgan fingerprint density at radius 3 is 2.17 bits per heavy atom. The lowest BCUT2D eigenvalue weighted by atomic mass is 9.91.